The molecular weight excluding hydrogens is 289 g/mol. The zero-order valence-electron chi connectivity index (χ0n) is 11.7. The minimum absolute atomic E-state index is 0.0697. The molecule has 1 aliphatic rings. The first-order valence-corrected chi connectivity index (χ1v) is 6.74. The van der Waals surface area contributed by atoms with Gasteiger partial charge >= 0.3 is 6.18 Å². The number of aromatic nitrogens is 1. The molecule has 2 rings (SSSR count). The Bertz CT molecular complexity index is 487. The summed E-state index contributed by atoms with van der Waals surface area (Å²) in [5.74, 6) is 0.392. The Balaban J connectivity index is 1.84. The lowest BCUT2D eigenvalue weighted by atomic mass is 10.1. The summed E-state index contributed by atoms with van der Waals surface area (Å²) < 4.78 is 45.4. The van der Waals surface area contributed by atoms with Gasteiger partial charge in [0.05, 0.1) is 24.8 Å². The molecule has 2 heterocycles. The predicted octanol–water partition coefficient (Wildman–Crippen LogP) is 2.62. The van der Waals surface area contributed by atoms with Crippen LogP contribution in [0.3, 0.4) is 0 Å². The molecule has 0 aliphatic carbocycles. The quantitative estimate of drug-likeness (QED) is 0.785. The van der Waals surface area contributed by atoms with E-state index in [9.17, 15) is 18.0 Å². The Kier molecular flexibility index (Phi) is 4.87. The number of carbonyl (C=O) groups excluding carboxylic acids is 1. The fourth-order valence-electron chi connectivity index (χ4n) is 2.39. The summed E-state index contributed by atoms with van der Waals surface area (Å²) in [7, 11) is 0. The number of hydrogen-bond donors (Lipinski definition) is 0. The molecule has 8 heteroatoms. The second-order valence-corrected chi connectivity index (χ2v) is 5.03. The number of ether oxygens (including phenoxy) is 1. The van der Waals surface area contributed by atoms with Gasteiger partial charge in [-0.3, -0.25) is 4.79 Å². The van der Waals surface area contributed by atoms with Gasteiger partial charge in [0, 0.05) is 12.6 Å². The average Bonchev–Trinajstić information content (AvgIpc) is 3.01. The van der Waals surface area contributed by atoms with Gasteiger partial charge in [0.15, 0.2) is 5.76 Å². The van der Waals surface area contributed by atoms with E-state index in [0.29, 0.717) is 12.3 Å². The molecule has 0 spiro atoms. The molecule has 1 atom stereocenters. The Morgan fingerprint density at radius 2 is 2.33 bits per heavy atom. The predicted molar refractivity (Wildman–Crippen MR) is 66.4 cm³/mol. The van der Waals surface area contributed by atoms with Crippen LogP contribution in [0.5, 0.6) is 0 Å². The summed E-state index contributed by atoms with van der Waals surface area (Å²) in [6, 6.07) is 1.59. The molecule has 1 aromatic rings. The standard InChI is InChI=1S/C13H17F3N2O3/c1-9-7-11(21-17-9)10-3-2-5-18(10)12(19)4-6-20-8-13(14,15)16/h7,10H,2-6,8H2,1H3. The van der Waals surface area contributed by atoms with Crippen molar-refractivity contribution in [2.24, 2.45) is 0 Å². The van der Waals surface area contributed by atoms with Crippen molar-refractivity contribution in [2.45, 2.75) is 38.4 Å². The van der Waals surface area contributed by atoms with Crippen LogP contribution in [0.2, 0.25) is 0 Å². The fourth-order valence-corrected chi connectivity index (χ4v) is 2.39. The van der Waals surface area contributed by atoms with Crippen molar-refractivity contribution in [1.82, 2.24) is 10.1 Å². The first kappa shape index (κ1) is 15.8. The monoisotopic (exact) mass is 306 g/mol. The van der Waals surface area contributed by atoms with E-state index < -0.39 is 12.8 Å². The Labute approximate surface area is 120 Å². The molecule has 0 bridgehead atoms. The number of aryl methyl sites for hydroxylation is 1. The van der Waals surface area contributed by atoms with Gasteiger partial charge in [-0.05, 0) is 19.8 Å². The molecule has 1 aromatic heterocycles. The van der Waals surface area contributed by atoms with Crippen LogP contribution in [0, 0.1) is 6.92 Å². The van der Waals surface area contributed by atoms with Gasteiger partial charge in [-0.15, -0.1) is 0 Å². The smallest absolute Gasteiger partial charge is 0.372 e. The number of nitrogens with zero attached hydrogens (tertiary/aromatic N) is 2. The average molecular weight is 306 g/mol. The number of likely N-dealkylation sites (tertiary alicyclic amines) is 1. The van der Waals surface area contributed by atoms with Gasteiger partial charge in [-0.25, -0.2) is 0 Å². The van der Waals surface area contributed by atoms with Crippen molar-refractivity contribution in [3.05, 3.63) is 17.5 Å². The molecule has 0 radical (unpaired) electrons. The zero-order chi connectivity index (χ0) is 15.5. The van der Waals surface area contributed by atoms with Gasteiger partial charge in [0.2, 0.25) is 5.91 Å². The van der Waals surface area contributed by atoms with Gasteiger partial charge < -0.3 is 14.2 Å². The number of carbonyl (C=O) groups is 1. The maximum absolute atomic E-state index is 12.1. The van der Waals surface area contributed by atoms with Crippen LogP contribution >= 0.6 is 0 Å². The molecule has 21 heavy (non-hydrogen) atoms. The molecular formula is C13H17F3N2O3. The largest absolute Gasteiger partial charge is 0.411 e. The van der Waals surface area contributed by atoms with Crippen LogP contribution in [0.1, 0.15) is 36.8 Å². The van der Waals surface area contributed by atoms with Gasteiger partial charge in [0.25, 0.3) is 0 Å². The third-order valence-electron chi connectivity index (χ3n) is 3.27. The van der Waals surface area contributed by atoms with Crippen molar-refractivity contribution in [3.8, 4) is 0 Å². The molecule has 5 nitrogen and oxygen atoms in total. The molecule has 1 fully saturated rings. The summed E-state index contributed by atoms with van der Waals surface area (Å²) in [4.78, 5) is 13.7. The lowest BCUT2D eigenvalue weighted by molar-refractivity contribution is -0.175. The van der Waals surface area contributed by atoms with Crippen LogP contribution in [0.25, 0.3) is 0 Å². The van der Waals surface area contributed by atoms with E-state index >= 15 is 0 Å². The highest BCUT2D eigenvalue weighted by molar-refractivity contribution is 5.77. The van der Waals surface area contributed by atoms with E-state index in [1.165, 1.54) is 0 Å². The maximum Gasteiger partial charge on any atom is 0.411 e. The number of rotatable bonds is 5. The number of amides is 1. The van der Waals surface area contributed by atoms with Crippen molar-refractivity contribution in [2.75, 3.05) is 19.8 Å². The van der Waals surface area contributed by atoms with Crippen LogP contribution < -0.4 is 0 Å². The summed E-state index contributed by atoms with van der Waals surface area (Å²) in [5, 5.41) is 3.79. The van der Waals surface area contributed by atoms with E-state index in [0.717, 1.165) is 18.5 Å². The van der Waals surface area contributed by atoms with E-state index in [1.807, 2.05) is 0 Å². The molecule has 1 unspecified atom stereocenters. The highest BCUT2D eigenvalue weighted by Crippen LogP contribution is 2.32. The van der Waals surface area contributed by atoms with Crippen LogP contribution in [-0.4, -0.2) is 41.9 Å². The SMILES string of the molecule is Cc1cc(C2CCCN2C(=O)CCOCC(F)(F)F)on1. The van der Waals surface area contributed by atoms with Crippen molar-refractivity contribution in [3.63, 3.8) is 0 Å². The van der Waals surface area contributed by atoms with Crippen LogP contribution in [0.4, 0.5) is 13.2 Å². The molecule has 1 saturated heterocycles. The first-order valence-electron chi connectivity index (χ1n) is 6.74. The molecule has 1 aliphatic heterocycles. The topological polar surface area (TPSA) is 55.6 Å². The second kappa shape index (κ2) is 6.46. The minimum Gasteiger partial charge on any atom is -0.372 e. The highest BCUT2D eigenvalue weighted by atomic mass is 19.4. The van der Waals surface area contributed by atoms with Crippen molar-refractivity contribution < 1.29 is 27.2 Å². The van der Waals surface area contributed by atoms with E-state index in [2.05, 4.69) is 9.89 Å². The molecule has 0 N–H and O–H groups in total. The number of alkyl halides is 3. The lowest BCUT2D eigenvalue weighted by Crippen LogP contribution is -2.31. The third kappa shape index (κ3) is 4.45. The summed E-state index contributed by atoms with van der Waals surface area (Å²) >= 11 is 0. The van der Waals surface area contributed by atoms with Gasteiger partial charge in [-0.1, -0.05) is 5.16 Å². The summed E-state index contributed by atoms with van der Waals surface area (Å²) in [6.45, 7) is 0.795. The van der Waals surface area contributed by atoms with Crippen molar-refractivity contribution >= 4 is 5.91 Å². The summed E-state index contributed by atoms with van der Waals surface area (Å²) in [5.41, 5.74) is 0.734. The highest BCUT2D eigenvalue weighted by Gasteiger charge is 2.32. The van der Waals surface area contributed by atoms with E-state index in [4.69, 9.17) is 4.52 Å². The first-order chi connectivity index (χ1) is 9.87. The van der Waals surface area contributed by atoms with Crippen LogP contribution in [-0.2, 0) is 9.53 Å². The normalized spacial score (nSPS) is 19.2. The molecule has 0 aromatic carbocycles. The van der Waals surface area contributed by atoms with Gasteiger partial charge in [0.1, 0.15) is 6.61 Å². The van der Waals surface area contributed by atoms with Gasteiger partial charge in [-0.2, -0.15) is 13.2 Å². The minimum atomic E-state index is -4.36. The fraction of sp³-hybridized carbons (Fsp3) is 0.692. The zero-order valence-corrected chi connectivity index (χ0v) is 11.7. The number of halogens is 3. The summed E-state index contributed by atoms with van der Waals surface area (Å²) in [6.07, 6.45) is -2.83. The van der Waals surface area contributed by atoms with Crippen LogP contribution in [0.15, 0.2) is 10.6 Å². The van der Waals surface area contributed by atoms with E-state index in [1.54, 1.807) is 17.9 Å². The molecule has 0 saturated carbocycles. The molecule has 118 valence electrons. The second-order valence-electron chi connectivity index (χ2n) is 5.03. The Morgan fingerprint density at radius 3 is 2.95 bits per heavy atom. The number of hydrogen-bond acceptors (Lipinski definition) is 4. The van der Waals surface area contributed by atoms with Crippen molar-refractivity contribution in [1.29, 1.82) is 0 Å². The lowest BCUT2D eigenvalue weighted by Gasteiger charge is -2.22. The molecule has 1 amide bonds. The Hall–Kier alpha value is -1.57. The Morgan fingerprint density at radius 1 is 1.57 bits per heavy atom. The third-order valence-corrected chi connectivity index (χ3v) is 3.27. The maximum atomic E-state index is 12.1. The van der Waals surface area contributed by atoms with E-state index in [-0.39, 0.29) is 25.0 Å².